The number of nitrogens with zero attached hydrogens (tertiary/aromatic N) is 3. The van der Waals surface area contributed by atoms with Crippen LogP contribution in [0.15, 0.2) is 4.99 Å². The van der Waals surface area contributed by atoms with Crippen LogP contribution in [0, 0.1) is 17.3 Å². The predicted octanol–water partition coefficient (Wildman–Crippen LogP) is 3.20. The number of aliphatic imine (C=N–C) groups is 1. The second kappa shape index (κ2) is 8.07. The minimum Gasteiger partial charge on any atom is -0.356 e. The Morgan fingerprint density at radius 2 is 1.88 bits per heavy atom. The predicted molar refractivity (Wildman–Crippen MR) is 102 cm³/mol. The Labute approximate surface area is 149 Å². The molecule has 4 heteroatoms. The third-order valence-corrected chi connectivity index (χ3v) is 6.49. The van der Waals surface area contributed by atoms with E-state index in [-0.39, 0.29) is 0 Å². The van der Waals surface area contributed by atoms with E-state index >= 15 is 0 Å². The van der Waals surface area contributed by atoms with Crippen molar-refractivity contribution in [2.24, 2.45) is 22.2 Å². The summed E-state index contributed by atoms with van der Waals surface area (Å²) in [4.78, 5) is 9.69. The number of rotatable bonds is 5. The van der Waals surface area contributed by atoms with Crippen molar-refractivity contribution in [2.75, 3.05) is 46.3 Å². The Hall–Kier alpha value is -0.770. The summed E-state index contributed by atoms with van der Waals surface area (Å²) in [7, 11) is 1.94. The van der Waals surface area contributed by atoms with Gasteiger partial charge in [-0.05, 0) is 62.3 Å². The molecule has 3 rings (SSSR count). The third kappa shape index (κ3) is 4.44. The number of piperidine rings is 1. The van der Waals surface area contributed by atoms with Crippen molar-refractivity contribution in [3.05, 3.63) is 0 Å². The zero-order valence-electron chi connectivity index (χ0n) is 16.2. The number of hydrogen-bond donors (Lipinski definition) is 1. The summed E-state index contributed by atoms with van der Waals surface area (Å²) in [6.07, 6.45) is 9.64. The SMILES string of the molecule is CN=C(NCCCCN1CC(C)CC(C)C1)N1CCC2(CCC2)C1. The number of nitrogens with one attached hydrogen (secondary N) is 1. The van der Waals surface area contributed by atoms with Gasteiger partial charge in [0.2, 0.25) is 0 Å². The molecular weight excluding hydrogens is 296 g/mol. The summed E-state index contributed by atoms with van der Waals surface area (Å²) >= 11 is 0. The molecule has 0 aromatic carbocycles. The zero-order chi connectivity index (χ0) is 17.0. The summed E-state index contributed by atoms with van der Waals surface area (Å²) < 4.78 is 0. The molecule has 4 nitrogen and oxygen atoms in total. The Morgan fingerprint density at radius 3 is 2.46 bits per heavy atom. The molecule has 0 aromatic rings. The zero-order valence-corrected chi connectivity index (χ0v) is 16.2. The normalized spacial score (nSPS) is 30.6. The number of hydrogen-bond acceptors (Lipinski definition) is 2. The molecule has 1 aliphatic carbocycles. The van der Waals surface area contributed by atoms with Gasteiger partial charge in [-0.3, -0.25) is 4.99 Å². The van der Waals surface area contributed by atoms with Crippen molar-refractivity contribution >= 4 is 5.96 Å². The van der Waals surface area contributed by atoms with Crippen molar-refractivity contribution in [3.63, 3.8) is 0 Å². The minimum atomic E-state index is 0.652. The third-order valence-electron chi connectivity index (χ3n) is 6.49. The van der Waals surface area contributed by atoms with Gasteiger partial charge in [0.1, 0.15) is 0 Å². The maximum atomic E-state index is 4.52. The lowest BCUT2D eigenvalue weighted by Gasteiger charge is -2.38. The van der Waals surface area contributed by atoms with E-state index in [9.17, 15) is 0 Å². The Bertz CT molecular complexity index is 419. The van der Waals surface area contributed by atoms with Gasteiger partial charge >= 0.3 is 0 Å². The first-order chi connectivity index (χ1) is 11.6. The summed E-state index contributed by atoms with van der Waals surface area (Å²) in [6.45, 7) is 12.2. The van der Waals surface area contributed by atoms with E-state index in [2.05, 4.69) is 34.0 Å². The van der Waals surface area contributed by atoms with Gasteiger partial charge < -0.3 is 15.1 Å². The van der Waals surface area contributed by atoms with Crippen LogP contribution >= 0.6 is 0 Å². The second-order valence-corrected chi connectivity index (χ2v) is 8.91. The fourth-order valence-corrected chi connectivity index (χ4v) is 5.17. The average molecular weight is 335 g/mol. The summed E-state index contributed by atoms with van der Waals surface area (Å²) in [5, 5.41) is 3.61. The highest BCUT2D eigenvalue weighted by atomic mass is 15.3. The van der Waals surface area contributed by atoms with Gasteiger partial charge in [-0.2, -0.15) is 0 Å². The van der Waals surface area contributed by atoms with Gasteiger partial charge in [0.25, 0.3) is 0 Å². The van der Waals surface area contributed by atoms with Crippen molar-refractivity contribution in [1.29, 1.82) is 0 Å². The molecule has 3 aliphatic rings. The van der Waals surface area contributed by atoms with Gasteiger partial charge in [-0.15, -0.1) is 0 Å². The van der Waals surface area contributed by atoms with Gasteiger partial charge in [-0.25, -0.2) is 0 Å². The van der Waals surface area contributed by atoms with Crippen LogP contribution in [0.1, 0.15) is 58.8 Å². The largest absolute Gasteiger partial charge is 0.356 e. The fraction of sp³-hybridized carbons (Fsp3) is 0.950. The highest BCUT2D eigenvalue weighted by molar-refractivity contribution is 5.80. The van der Waals surface area contributed by atoms with Crippen molar-refractivity contribution in [2.45, 2.75) is 58.8 Å². The molecule has 2 unspecified atom stereocenters. The molecule has 0 bridgehead atoms. The van der Waals surface area contributed by atoms with E-state index in [4.69, 9.17) is 0 Å². The molecule has 2 heterocycles. The van der Waals surface area contributed by atoms with Crippen LogP contribution in [0.25, 0.3) is 0 Å². The van der Waals surface area contributed by atoms with Gasteiger partial charge in [0.05, 0.1) is 0 Å². The fourth-order valence-electron chi connectivity index (χ4n) is 5.17. The molecule has 0 amide bonds. The summed E-state index contributed by atoms with van der Waals surface area (Å²) in [6, 6.07) is 0. The van der Waals surface area contributed by atoms with Crippen LogP contribution in [0.2, 0.25) is 0 Å². The van der Waals surface area contributed by atoms with Crippen molar-refractivity contribution in [1.82, 2.24) is 15.1 Å². The standard InChI is InChI=1S/C20H38N4/c1-17-13-18(2)15-23(14-17)11-5-4-10-22-19(21-3)24-12-9-20(16-24)7-6-8-20/h17-18H,4-16H2,1-3H3,(H,21,22). The van der Waals surface area contributed by atoms with Gasteiger partial charge in [0.15, 0.2) is 5.96 Å². The molecule has 0 aromatic heterocycles. The van der Waals surface area contributed by atoms with Crippen molar-refractivity contribution in [3.8, 4) is 0 Å². The van der Waals surface area contributed by atoms with Crippen LogP contribution < -0.4 is 5.32 Å². The average Bonchev–Trinajstić information content (AvgIpc) is 2.95. The lowest BCUT2D eigenvalue weighted by atomic mass is 9.68. The molecular formula is C20H38N4. The van der Waals surface area contributed by atoms with Crippen LogP contribution in [-0.4, -0.2) is 62.1 Å². The molecule has 24 heavy (non-hydrogen) atoms. The van der Waals surface area contributed by atoms with E-state index in [1.165, 1.54) is 77.7 Å². The van der Waals surface area contributed by atoms with E-state index in [0.29, 0.717) is 5.41 Å². The monoisotopic (exact) mass is 334 g/mol. The smallest absolute Gasteiger partial charge is 0.193 e. The summed E-state index contributed by atoms with van der Waals surface area (Å²) in [5.41, 5.74) is 0.652. The molecule has 1 saturated carbocycles. The maximum Gasteiger partial charge on any atom is 0.193 e. The molecule has 2 atom stereocenters. The number of unbranched alkanes of at least 4 members (excludes halogenated alkanes) is 1. The van der Waals surface area contributed by atoms with E-state index < -0.39 is 0 Å². The molecule has 2 saturated heterocycles. The molecule has 1 spiro atoms. The van der Waals surface area contributed by atoms with Crippen LogP contribution in [0.5, 0.6) is 0 Å². The molecule has 138 valence electrons. The lowest BCUT2D eigenvalue weighted by molar-refractivity contribution is 0.139. The van der Waals surface area contributed by atoms with E-state index in [1.54, 1.807) is 0 Å². The lowest BCUT2D eigenvalue weighted by Crippen LogP contribution is -2.43. The first-order valence-electron chi connectivity index (χ1n) is 10.3. The Morgan fingerprint density at radius 1 is 1.12 bits per heavy atom. The Balaban J connectivity index is 1.31. The van der Waals surface area contributed by atoms with Gasteiger partial charge in [-0.1, -0.05) is 20.3 Å². The molecule has 2 aliphatic heterocycles. The number of guanidine groups is 1. The molecule has 1 N–H and O–H groups in total. The van der Waals surface area contributed by atoms with E-state index in [1.807, 2.05) is 7.05 Å². The van der Waals surface area contributed by atoms with E-state index in [0.717, 1.165) is 24.3 Å². The minimum absolute atomic E-state index is 0.652. The second-order valence-electron chi connectivity index (χ2n) is 8.91. The maximum absolute atomic E-state index is 4.52. The highest BCUT2D eigenvalue weighted by Gasteiger charge is 2.43. The van der Waals surface area contributed by atoms with Crippen LogP contribution in [-0.2, 0) is 0 Å². The summed E-state index contributed by atoms with van der Waals surface area (Å²) in [5.74, 6) is 2.89. The topological polar surface area (TPSA) is 30.9 Å². The van der Waals surface area contributed by atoms with Crippen molar-refractivity contribution < 1.29 is 0 Å². The van der Waals surface area contributed by atoms with Crippen LogP contribution in [0.4, 0.5) is 0 Å². The molecule has 0 radical (unpaired) electrons. The highest BCUT2D eigenvalue weighted by Crippen LogP contribution is 2.47. The quantitative estimate of drug-likeness (QED) is 0.476. The molecule has 3 fully saturated rings. The Kier molecular flexibility index (Phi) is 6.07. The first kappa shape index (κ1) is 18.0. The first-order valence-corrected chi connectivity index (χ1v) is 10.3. The van der Waals surface area contributed by atoms with Crippen LogP contribution in [0.3, 0.4) is 0 Å². The number of likely N-dealkylation sites (tertiary alicyclic amines) is 2. The van der Waals surface area contributed by atoms with Gasteiger partial charge in [0, 0.05) is 39.8 Å².